The van der Waals surface area contributed by atoms with Gasteiger partial charge < -0.3 is 24.4 Å². The SMILES string of the molecule is CCNC(=NCCCOCC1CCCO1)N1CCC(C(=O)OC)CC1.I. The van der Waals surface area contributed by atoms with Crippen LogP contribution in [0.15, 0.2) is 4.99 Å². The quantitative estimate of drug-likeness (QED) is 0.187. The van der Waals surface area contributed by atoms with Crippen molar-refractivity contribution in [3.05, 3.63) is 0 Å². The number of halogens is 1. The van der Waals surface area contributed by atoms with Crippen LogP contribution in [0.2, 0.25) is 0 Å². The van der Waals surface area contributed by atoms with Gasteiger partial charge in [-0.15, -0.1) is 24.0 Å². The van der Waals surface area contributed by atoms with Crippen LogP contribution in [0.25, 0.3) is 0 Å². The van der Waals surface area contributed by atoms with Crippen molar-refractivity contribution in [1.29, 1.82) is 0 Å². The van der Waals surface area contributed by atoms with Gasteiger partial charge in [0.1, 0.15) is 0 Å². The molecule has 7 nitrogen and oxygen atoms in total. The first-order chi connectivity index (χ1) is 12.2. The molecule has 1 N–H and O–H groups in total. The van der Waals surface area contributed by atoms with E-state index in [1.54, 1.807) is 0 Å². The minimum atomic E-state index is -0.0926. The van der Waals surface area contributed by atoms with Crippen molar-refractivity contribution in [2.75, 3.05) is 53.1 Å². The molecule has 0 bridgehead atoms. The van der Waals surface area contributed by atoms with Gasteiger partial charge in [0.25, 0.3) is 0 Å². The first-order valence-electron chi connectivity index (χ1n) is 9.55. The molecular formula is C18H34IN3O4. The lowest BCUT2D eigenvalue weighted by Crippen LogP contribution is -2.46. The molecule has 0 aromatic carbocycles. The zero-order chi connectivity index (χ0) is 17.9. The predicted octanol–water partition coefficient (Wildman–Crippen LogP) is 2.04. The Morgan fingerprint density at radius 1 is 1.31 bits per heavy atom. The van der Waals surface area contributed by atoms with Gasteiger partial charge in [-0.25, -0.2) is 0 Å². The largest absolute Gasteiger partial charge is 0.469 e. The van der Waals surface area contributed by atoms with Gasteiger partial charge in [-0.2, -0.15) is 0 Å². The molecule has 0 aromatic rings. The third-order valence-corrected chi connectivity index (χ3v) is 4.70. The summed E-state index contributed by atoms with van der Waals surface area (Å²) in [5.74, 6) is 0.866. The minimum absolute atomic E-state index is 0. The Labute approximate surface area is 174 Å². The lowest BCUT2D eigenvalue weighted by atomic mass is 9.97. The molecule has 8 heteroatoms. The number of nitrogens with one attached hydrogen (secondary N) is 1. The van der Waals surface area contributed by atoms with Crippen LogP contribution in [0.1, 0.15) is 39.0 Å². The van der Waals surface area contributed by atoms with Crippen molar-refractivity contribution in [2.45, 2.75) is 45.1 Å². The molecule has 0 amide bonds. The van der Waals surface area contributed by atoms with E-state index in [0.717, 1.165) is 70.8 Å². The standard InChI is InChI=1S/C18H33N3O4.HI/c1-3-19-18(21-10-7-15(8-11-21)17(22)23-2)20-9-5-12-24-14-16-6-4-13-25-16;/h15-16H,3-14H2,1-2H3,(H,19,20);1H. The second-order valence-corrected chi connectivity index (χ2v) is 6.58. The number of aliphatic imine (C=N–C) groups is 1. The number of hydrogen-bond donors (Lipinski definition) is 1. The number of nitrogens with zero attached hydrogens (tertiary/aromatic N) is 2. The van der Waals surface area contributed by atoms with Crippen LogP contribution in [0.4, 0.5) is 0 Å². The van der Waals surface area contributed by atoms with E-state index in [2.05, 4.69) is 17.1 Å². The van der Waals surface area contributed by atoms with E-state index in [4.69, 9.17) is 19.2 Å². The van der Waals surface area contributed by atoms with Crippen LogP contribution in [0.3, 0.4) is 0 Å². The van der Waals surface area contributed by atoms with Crippen molar-refractivity contribution in [1.82, 2.24) is 10.2 Å². The molecule has 1 atom stereocenters. The summed E-state index contributed by atoms with van der Waals surface area (Å²) in [5, 5.41) is 3.34. The number of hydrogen-bond acceptors (Lipinski definition) is 5. The fourth-order valence-corrected chi connectivity index (χ4v) is 3.26. The summed E-state index contributed by atoms with van der Waals surface area (Å²) < 4.78 is 16.1. The van der Waals surface area contributed by atoms with E-state index in [1.165, 1.54) is 7.11 Å². The Hall–Kier alpha value is -0.610. The van der Waals surface area contributed by atoms with E-state index in [1.807, 2.05) is 0 Å². The highest BCUT2D eigenvalue weighted by Crippen LogP contribution is 2.18. The zero-order valence-corrected chi connectivity index (χ0v) is 18.4. The first kappa shape index (κ1) is 23.4. The van der Waals surface area contributed by atoms with Gasteiger partial charge in [-0.05, 0) is 39.0 Å². The van der Waals surface area contributed by atoms with Gasteiger partial charge in [-0.3, -0.25) is 9.79 Å². The molecule has 0 spiro atoms. The number of piperidine rings is 1. The molecule has 0 aromatic heterocycles. The second kappa shape index (κ2) is 13.5. The van der Waals surface area contributed by atoms with Crippen molar-refractivity contribution >= 4 is 35.9 Å². The van der Waals surface area contributed by atoms with Crippen molar-refractivity contribution in [3.63, 3.8) is 0 Å². The molecule has 1 unspecified atom stereocenters. The Balaban J connectivity index is 0.00000338. The Bertz CT molecular complexity index is 423. The lowest BCUT2D eigenvalue weighted by Gasteiger charge is -2.33. The number of esters is 1. The van der Waals surface area contributed by atoms with Crippen LogP contribution in [0, 0.1) is 5.92 Å². The van der Waals surface area contributed by atoms with Gasteiger partial charge >= 0.3 is 5.97 Å². The smallest absolute Gasteiger partial charge is 0.308 e. The van der Waals surface area contributed by atoms with Gasteiger partial charge in [0.15, 0.2) is 5.96 Å². The molecule has 2 aliphatic rings. The van der Waals surface area contributed by atoms with Crippen LogP contribution < -0.4 is 5.32 Å². The van der Waals surface area contributed by atoms with Crippen LogP contribution >= 0.6 is 24.0 Å². The van der Waals surface area contributed by atoms with E-state index < -0.39 is 0 Å². The summed E-state index contributed by atoms with van der Waals surface area (Å²) in [6, 6.07) is 0. The van der Waals surface area contributed by atoms with Gasteiger partial charge in [0.05, 0.1) is 25.7 Å². The van der Waals surface area contributed by atoms with Crippen LogP contribution in [-0.2, 0) is 19.0 Å². The number of ether oxygens (including phenoxy) is 3. The van der Waals surface area contributed by atoms with Gasteiger partial charge in [-0.1, -0.05) is 0 Å². The number of rotatable bonds is 8. The van der Waals surface area contributed by atoms with Crippen LogP contribution in [0.5, 0.6) is 0 Å². The van der Waals surface area contributed by atoms with E-state index in [9.17, 15) is 4.79 Å². The number of guanidine groups is 1. The molecule has 152 valence electrons. The second-order valence-electron chi connectivity index (χ2n) is 6.58. The molecule has 2 aliphatic heterocycles. The fourth-order valence-electron chi connectivity index (χ4n) is 3.26. The maximum Gasteiger partial charge on any atom is 0.308 e. The molecule has 2 heterocycles. The Morgan fingerprint density at radius 3 is 2.69 bits per heavy atom. The van der Waals surface area contributed by atoms with Crippen LogP contribution in [-0.4, -0.2) is 76.0 Å². The monoisotopic (exact) mass is 483 g/mol. The third kappa shape index (κ3) is 7.96. The number of carbonyl (C=O) groups excluding carboxylic acids is 1. The maximum absolute atomic E-state index is 11.6. The molecule has 0 aliphatic carbocycles. The minimum Gasteiger partial charge on any atom is -0.469 e. The van der Waals surface area contributed by atoms with Crippen molar-refractivity contribution in [2.24, 2.45) is 10.9 Å². The van der Waals surface area contributed by atoms with E-state index in [-0.39, 0.29) is 42.0 Å². The summed E-state index contributed by atoms with van der Waals surface area (Å²) in [6.07, 6.45) is 5.10. The first-order valence-corrected chi connectivity index (χ1v) is 9.55. The molecular weight excluding hydrogens is 449 g/mol. The van der Waals surface area contributed by atoms with Crippen molar-refractivity contribution in [3.8, 4) is 0 Å². The van der Waals surface area contributed by atoms with Gasteiger partial charge in [0, 0.05) is 39.4 Å². The normalized spacial score (nSPS) is 21.4. The summed E-state index contributed by atoms with van der Waals surface area (Å²) in [6.45, 7) is 7.61. The molecule has 0 saturated carbocycles. The highest BCUT2D eigenvalue weighted by atomic mass is 127. The molecule has 2 saturated heterocycles. The summed E-state index contributed by atoms with van der Waals surface area (Å²) >= 11 is 0. The summed E-state index contributed by atoms with van der Waals surface area (Å²) in [4.78, 5) is 18.6. The highest BCUT2D eigenvalue weighted by molar-refractivity contribution is 14.0. The molecule has 2 fully saturated rings. The number of carbonyl (C=O) groups is 1. The predicted molar refractivity (Wildman–Crippen MR) is 112 cm³/mol. The molecule has 0 radical (unpaired) electrons. The Kier molecular flexibility index (Phi) is 12.2. The zero-order valence-electron chi connectivity index (χ0n) is 16.1. The topological polar surface area (TPSA) is 72.4 Å². The lowest BCUT2D eigenvalue weighted by molar-refractivity contribution is -0.146. The third-order valence-electron chi connectivity index (χ3n) is 4.70. The Morgan fingerprint density at radius 2 is 2.08 bits per heavy atom. The summed E-state index contributed by atoms with van der Waals surface area (Å²) in [5.41, 5.74) is 0. The average molecular weight is 483 g/mol. The molecule has 26 heavy (non-hydrogen) atoms. The molecule has 2 rings (SSSR count). The summed E-state index contributed by atoms with van der Waals surface area (Å²) in [7, 11) is 1.46. The average Bonchev–Trinajstić information content (AvgIpc) is 3.16. The van der Waals surface area contributed by atoms with E-state index in [0.29, 0.717) is 13.2 Å². The van der Waals surface area contributed by atoms with Crippen molar-refractivity contribution < 1.29 is 19.0 Å². The number of likely N-dealkylation sites (tertiary alicyclic amines) is 1. The fraction of sp³-hybridized carbons (Fsp3) is 0.889. The van der Waals surface area contributed by atoms with Gasteiger partial charge in [0.2, 0.25) is 0 Å². The number of methoxy groups -OCH3 is 1. The maximum atomic E-state index is 11.6. The van der Waals surface area contributed by atoms with E-state index >= 15 is 0 Å². The highest BCUT2D eigenvalue weighted by Gasteiger charge is 2.26.